The summed E-state index contributed by atoms with van der Waals surface area (Å²) in [4.78, 5) is 4.54. The maximum Gasteiger partial charge on any atom is 0.0841 e. The molecule has 0 aliphatic heterocycles. The fourth-order valence-corrected chi connectivity index (χ4v) is 2.23. The fraction of sp³-hybridized carbons (Fsp3) is 0.462. The van der Waals surface area contributed by atoms with E-state index in [4.69, 9.17) is 5.84 Å². The highest BCUT2D eigenvalue weighted by atomic mass is 15.2. The van der Waals surface area contributed by atoms with E-state index in [2.05, 4.69) is 16.5 Å². The summed E-state index contributed by atoms with van der Waals surface area (Å²) in [6.07, 6.45) is 7.15. The topological polar surface area (TPSA) is 50.9 Å². The molecule has 1 aliphatic carbocycles. The molecule has 0 aromatic carbocycles. The van der Waals surface area contributed by atoms with Gasteiger partial charge in [-0.1, -0.05) is 17.7 Å². The average Bonchev–Trinajstić information content (AvgIpc) is 2.31. The van der Waals surface area contributed by atoms with Gasteiger partial charge in [0.05, 0.1) is 11.7 Å². The van der Waals surface area contributed by atoms with Crippen molar-refractivity contribution >= 4 is 0 Å². The van der Waals surface area contributed by atoms with Crippen molar-refractivity contribution in [3.8, 4) is 0 Å². The first-order valence-electron chi connectivity index (χ1n) is 5.90. The van der Waals surface area contributed by atoms with Crippen molar-refractivity contribution in [2.24, 2.45) is 5.84 Å². The molecule has 0 spiro atoms. The predicted octanol–water partition coefficient (Wildman–Crippen LogP) is 2.39. The molecule has 0 saturated carbocycles. The number of nitrogens with zero attached hydrogens (tertiary/aromatic N) is 1. The molecule has 3 N–H and O–H groups in total. The van der Waals surface area contributed by atoms with Crippen molar-refractivity contribution in [1.82, 2.24) is 10.4 Å². The van der Waals surface area contributed by atoms with Crippen LogP contribution in [-0.2, 0) is 0 Å². The van der Waals surface area contributed by atoms with Gasteiger partial charge in [-0.2, -0.15) is 0 Å². The molecule has 0 bridgehead atoms. The monoisotopic (exact) mass is 217 g/mol. The molecule has 16 heavy (non-hydrogen) atoms. The number of rotatable bonds is 3. The number of aromatic nitrogens is 1. The van der Waals surface area contributed by atoms with Crippen LogP contribution in [0, 0.1) is 6.92 Å². The van der Waals surface area contributed by atoms with Crippen molar-refractivity contribution < 1.29 is 0 Å². The summed E-state index contributed by atoms with van der Waals surface area (Å²) in [5.74, 6) is 5.65. The molecule has 0 radical (unpaired) electrons. The lowest BCUT2D eigenvalue weighted by Crippen LogP contribution is -2.30. The lowest BCUT2D eigenvalue weighted by atomic mass is 9.92. The number of nitrogens with one attached hydrogen (secondary N) is 1. The summed E-state index contributed by atoms with van der Waals surface area (Å²) >= 11 is 0. The lowest BCUT2D eigenvalue weighted by Gasteiger charge is -2.22. The zero-order valence-electron chi connectivity index (χ0n) is 9.74. The molecule has 0 fully saturated rings. The Hall–Kier alpha value is -1.19. The van der Waals surface area contributed by atoms with E-state index < -0.39 is 0 Å². The zero-order valence-corrected chi connectivity index (χ0v) is 9.74. The Morgan fingerprint density at radius 3 is 2.88 bits per heavy atom. The molecule has 1 heterocycles. The number of allylic oxidation sites excluding steroid dienone is 1. The van der Waals surface area contributed by atoms with Crippen LogP contribution in [0.25, 0.3) is 0 Å². The second-order valence-electron chi connectivity index (χ2n) is 4.33. The van der Waals surface area contributed by atoms with Crippen molar-refractivity contribution in [2.75, 3.05) is 0 Å². The molecule has 1 aromatic heterocycles. The van der Waals surface area contributed by atoms with Gasteiger partial charge in [-0.25, -0.2) is 5.43 Å². The number of pyridine rings is 1. The number of hydrazine groups is 1. The van der Waals surface area contributed by atoms with E-state index in [0.717, 1.165) is 17.8 Å². The van der Waals surface area contributed by atoms with Crippen LogP contribution in [0.4, 0.5) is 0 Å². The average molecular weight is 217 g/mol. The van der Waals surface area contributed by atoms with Crippen LogP contribution in [0.5, 0.6) is 0 Å². The number of hydrogen-bond acceptors (Lipinski definition) is 3. The first-order valence-corrected chi connectivity index (χ1v) is 5.90. The Balaban J connectivity index is 2.25. The SMILES string of the molecule is Cc1cccc(C(NN)C2=CCCCC2)n1. The van der Waals surface area contributed by atoms with E-state index in [0.29, 0.717) is 0 Å². The highest BCUT2D eigenvalue weighted by molar-refractivity contribution is 5.24. The normalized spacial score (nSPS) is 18.0. The maximum atomic E-state index is 5.65. The smallest absolute Gasteiger partial charge is 0.0841 e. The second-order valence-corrected chi connectivity index (χ2v) is 4.33. The van der Waals surface area contributed by atoms with E-state index in [1.54, 1.807) is 0 Å². The maximum absolute atomic E-state index is 5.65. The van der Waals surface area contributed by atoms with E-state index in [1.165, 1.54) is 24.8 Å². The molecule has 3 heteroatoms. The van der Waals surface area contributed by atoms with Crippen LogP contribution in [0.3, 0.4) is 0 Å². The molecular formula is C13H19N3. The third kappa shape index (κ3) is 2.49. The van der Waals surface area contributed by atoms with Crippen molar-refractivity contribution in [1.29, 1.82) is 0 Å². The molecule has 1 unspecified atom stereocenters. The highest BCUT2D eigenvalue weighted by Gasteiger charge is 2.17. The van der Waals surface area contributed by atoms with Gasteiger partial charge in [-0.3, -0.25) is 10.8 Å². The summed E-state index contributed by atoms with van der Waals surface area (Å²) in [6.45, 7) is 2.01. The quantitative estimate of drug-likeness (QED) is 0.464. The van der Waals surface area contributed by atoms with Crippen LogP contribution in [0.1, 0.15) is 43.1 Å². The molecule has 2 rings (SSSR count). The van der Waals surface area contributed by atoms with Crippen LogP contribution >= 0.6 is 0 Å². The molecule has 1 aliphatic rings. The van der Waals surface area contributed by atoms with Crippen LogP contribution < -0.4 is 11.3 Å². The third-order valence-corrected chi connectivity index (χ3v) is 3.07. The lowest BCUT2D eigenvalue weighted by molar-refractivity contribution is 0.555. The largest absolute Gasteiger partial charge is 0.271 e. The van der Waals surface area contributed by atoms with Gasteiger partial charge in [-0.15, -0.1) is 0 Å². The van der Waals surface area contributed by atoms with Crippen molar-refractivity contribution in [2.45, 2.75) is 38.6 Å². The molecule has 0 amide bonds. The number of nitrogens with two attached hydrogens (primary N) is 1. The van der Waals surface area contributed by atoms with Gasteiger partial charge >= 0.3 is 0 Å². The predicted molar refractivity (Wildman–Crippen MR) is 65.6 cm³/mol. The Kier molecular flexibility index (Phi) is 3.70. The molecule has 0 saturated heterocycles. The molecular weight excluding hydrogens is 198 g/mol. The minimum atomic E-state index is 0.0835. The molecule has 1 aromatic rings. The van der Waals surface area contributed by atoms with Gasteiger partial charge in [0.15, 0.2) is 0 Å². The van der Waals surface area contributed by atoms with Crippen LogP contribution in [0.15, 0.2) is 29.8 Å². The van der Waals surface area contributed by atoms with Gasteiger partial charge < -0.3 is 0 Å². The van der Waals surface area contributed by atoms with E-state index in [1.807, 2.05) is 25.1 Å². The minimum absolute atomic E-state index is 0.0835. The summed E-state index contributed by atoms with van der Waals surface area (Å²) in [5.41, 5.74) is 6.33. The van der Waals surface area contributed by atoms with Gasteiger partial charge in [0, 0.05) is 5.69 Å². The van der Waals surface area contributed by atoms with Crippen LogP contribution in [0.2, 0.25) is 0 Å². The Labute approximate surface area is 96.7 Å². The Morgan fingerprint density at radius 1 is 1.38 bits per heavy atom. The van der Waals surface area contributed by atoms with Gasteiger partial charge in [0.25, 0.3) is 0 Å². The zero-order chi connectivity index (χ0) is 11.4. The Bertz CT molecular complexity index is 385. The summed E-state index contributed by atoms with van der Waals surface area (Å²) in [5, 5.41) is 0. The first kappa shape index (κ1) is 11.3. The Morgan fingerprint density at radius 2 is 2.25 bits per heavy atom. The molecule has 86 valence electrons. The number of hydrogen-bond donors (Lipinski definition) is 2. The fourth-order valence-electron chi connectivity index (χ4n) is 2.23. The van der Waals surface area contributed by atoms with Crippen molar-refractivity contribution in [3.05, 3.63) is 41.2 Å². The minimum Gasteiger partial charge on any atom is -0.271 e. The van der Waals surface area contributed by atoms with E-state index >= 15 is 0 Å². The van der Waals surface area contributed by atoms with Crippen LogP contribution in [-0.4, -0.2) is 4.98 Å². The third-order valence-electron chi connectivity index (χ3n) is 3.07. The summed E-state index contributed by atoms with van der Waals surface area (Å²) in [6, 6.07) is 6.16. The summed E-state index contributed by atoms with van der Waals surface area (Å²) < 4.78 is 0. The van der Waals surface area contributed by atoms with Gasteiger partial charge in [0.2, 0.25) is 0 Å². The number of aryl methyl sites for hydroxylation is 1. The molecule has 1 atom stereocenters. The summed E-state index contributed by atoms with van der Waals surface area (Å²) in [7, 11) is 0. The standard InChI is InChI=1S/C13H19N3/c1-10-6-5-9-12(15-10)13(16-14)11-7-3-2-4-8-11/h5-7,9,13,16H,2-4,8,14H2,1H3. The van der Waals surface area contributed by atoms with Crippen molar-refractivity contribution in [3.63, 3.8) is 0 Å². The highest BCUT2D eigenvalue weighted by Crippen LogP contribution is 2.28. The van der Waals surface area contributed by atoms with Gasteiger partial charge in [-0.05, 0) is 44.7 Å². The van der Waals surface area contributed by atoms with E-state index in [-0.39, 0.29) is 6.04 Å². The second kappa shape index (κ2) is 5.23. The van der Waals surface area contributed by atoms with Gasteiger partial charge in [0.1, 0.15) is 0 Å². The first-order chi connectivity index (χ1) is 7.81. The molecule has 3 nitrogen and oxygen atoms in total. The van der Waals surface area contributed by atoms with E-state index in [9.17, 15) is 0 Å².